The molecular weight excluding hydrogens is 422 g/mol. The van der Waals surface area contributed by atoms with Gasteiger partial charge in [0.1, 0.15) is 5.78 Å². The van der Waals surface area contributed by atoms with Gasteiger partial charge in [-0.1, -0.05) is 12.1 Å². The molecule has 32 heavy (non-hydrogen) atoms. The molecule has 12 nitrogen and oxygen atoms in total. The topological polar surface area (TPSA) is 152 Å². The van der Waals surface area contributed by atoms with Gasteiger partial charge in [0.05, 0.1) is 17.2 Å². The van der Waals surface area contributed by atoms with Crippen molar-refractivity contribution in [1.82, 2.24) is 21.3 Å². The van der Waals surface area contributed by atoms with Crippen LogP contribution in [0.5, 0.6) is 0 Å². The Morgan fingerprint density at radius 3 is 2.25 bits per heavy atom. The molecule has 1 aliphatic rings. The highest BCUT2D eigenvalue weighted by atomic mass is 16.6. The number of hydrogen-bond acceptors (Lipinski definition) is 10. The molecule has 0 radical (unpaired) electrons. The second-order valence-corrected chi connectivity index (χ2v) is 6.67. The Morgan fingerprint density at radius 1 is 1.16 bits per heavy atom. The van der Waals surface area contributed by atoms with E-state index >= 15 is 0 Å². The first-order valence-corrected chi connectivity index (χ1v) is 9.53. The van der Waals surface area contributed by atoms with Gasteiger partial charge < -0.3 is 19.8 Å². The molecule has 178 valence electrons. The van der Waals surface area contributed by atoms with Crippen LogP contribution in [0.4, 0.5) is 5.69 Å². The number of carbonyl (C=O) groups is 3. The number of nitrogens with zero attached hydrogens (tertiary/aromatic N) is 2. The van der Waals surface area contributed by atoms with E-state index in [4.69, 9.17) is 4.74 Å². The molecule has 1 heterocycles. The van der Waals surface area contributed by atoms with E-state index in [1.165, 1.54) is 30.9 Å². The van der Waals surface area contributed by atoms with E-state index in [0.717, 1.165) is 5.56 Å². The van der Waals surface area contributed by atoms with Gasteiger partial charge in [0.15, 0.2) is 5.70 Å². The zero-order chi connectivity index (χ0) is 24.7. The number of ether oxygens (including phenoxy) is 2. The Morgan fingerprint density at radius 2 is 1.78 bits per heavy atom. The Kier molecular flexibility index (Phi) is 13.6. The van der Waals surface area contributed by atoms with Crippen LogP contribution < -0.4 is 16.4 Å². The minimum atomic E-state index is -0.471. The number of carbonyl (C=O) groups excluding carboxylic acids is 3. The van der Waals surface area contributed by atoms with Gasteiger partial charge in [-0.25, -0.2) is 4.79 Å². The van der Waals surface area contributed by atoms with Crippen LogP contribution in [0, 0.1) is 10.1 Å². The summed E-state index contributed by atoms with van der Waals surface area (Å²) in [4.78, 5) is 44.4. The van der Waals surface area contributed by atoms with Crippen molar-refractivity contribution in [2.75, 3.05) is 27.9 Å². The average molecular weight is 453 g/mol. The Labute approximate surface area is 187 Å². The van der Waals surface area contributed by atoms with E-state index in [9.17, 15) is 24.5 Å². The third kappa shape index (κ3) is 11.6. The predicted molar refractivity (Wildman–Crippen MR) is 117 cm³/mol. The zero-order valence-electron chi connectivity index (χ0n) is 19.2. The van der Waals surface area contributed by atoms with Crippen molar-refractivity contribution in [3.8, 4) is 0 Å². The summed E-state index contributed by atoms with van der Waals surface area (Å²) in [7, 11) is 4.90. The average Bonchev–Trinajstić information content (AvgIpc) is 3.15. The molecule has 0 saturated heterocycles. The highest BCUT2D eigenvalue weighted by Gasteiger charge is 2.18. The number of rotatable bonds is 7. The summed E-state index contributed by atoms with van der Waals surface area (Å²) in [5, 5.41) is 10.5. The first-order chi connectivity index (χ1) is 15.0. The molecule has 1 aliphatic heterocycles. The second kappa shape index (κ2) is 15.3. The SMILES string of the molecule is CC(=O)CCOC(=O)C1=C(C)NNN1.CC(=O)N(C)Cc1cccc([N+](=O)[O-])c1.COC. The van der Waals surface area contributed by atoms with Crippen LogP contribution in [0.2, 0.25) is 0 Å². The molecule has 0 spiro atoms. The quantitative estimate of drug-likeness (QED) is 0.312. The van der Waals surface area contributed by atoms with Crippen LogP contribution in [0.25, 0.3) is 0 Å². The van der Waals surface area contributed by atoms with Crippen molar-refractivity contribution in [1.29, 1.82) is 0 Å². The van der Waals surface area contributed by atoms with Crippen molar-refractivity contribution in [2.45, 2.75) is 33.7 Å². The first-order valence-electron chi connectivity index (χ1n) is 9.53. The first kappa shape index (κ1) is 28.5. The number of benzene rings is 1. The zero-order valence-corrected chi connectivity index (χ0v) is 19.2. The molecule has 1 aromatic carbocycles. The smallest absolute Gasteiger partial charge is 0.357 e. The van der Waals surface area contributed by atoms with Crippen molar-refractivity contribution in [2.24, 2.45) is 0 Å². The van der Waals surface area contributed by atoms with Crippen LogP contribution >= 0.6 is 0 Å². The van der Waals surface area contributed by atoms with Crippen LogP contribution in [0.1, 0.15) is 32.8 Å². The monoisotopic (exact) mass is 453 g/mol. The number of Topliss-reactive ketones (excluding diaryl/α,β-unsaturated/α-hetero) is 1. The van der Waals surface area contributed by atoms with Gasteiger partial charge in [-0.2, -0.15) is 5.53 Å². The fraction of sp³-hybridized carbons (Fsp3) is 0.450. The highest BCUT2D eigenvalue weighted by molar-refractivity contribution is 5.89. The molecule has 3 N–H and O–H groups in total. The number of allylic oxidation sites excluding steroid dienone is 1. The number of ketones is 1. The third-order valence-electron chi connectivity index (χ3n) is 3.78. The van der Waals surface area contributed by atoms with E-state index in [2.05, 4.69) is 21.1 Å². The highest BCUT2D eigenvalue weighted by Crippen LogP contribution is 2.14. The molecule has 2 rings (SSSR count). The van der Waals surface area contributed by atoms with E-state index in [0.29, 0.717) is 17.9 Å². The lowest BCUT2D eigenvalue weighted by molar-refractivity contribution is -0.384. The van der Waals surface area contributed by atoms with Gasteiger partial charge in [0.2, 0.25) is 5.91 Å². The second-order valence-electron chi connectivity index (χ2n) is 6.67. The van der Waals surface area contributed by atoms with E-state index in [-0.39, 0.29) is 30.4 Å². The number of nitro groups is 1. The molecular formula is C20H31N5O7. The maximum absolute atomic E-state index is 11.3. The predicted octanol–water partition coefficient (Wildman–Crippen LogP) is 1.19. The fourth-order valence-corrected chi connectivity index (χ4v) is 2.06. The minimum absolute atomic E-state index is 0.000803. The number of amides is 1. The van der Waals surface area contributed by atoms with E-state index < -0.39 is 10.9 Å². The molecule has 0 fully saturated rings. The molecule has 0 aliphatic carbocycles. The minimum Gasteiger partial charge on any atom is -0.460 e. The maximum Gasteiger partial charge on any atom is 0.357 e. The molecule has 1 aromatic rings. The lowest BCUT2D eigenvalue weighted by Crippen LogP contribution is -2.34. The Balaban J connectivity index is 0.000000536. The van der Waals surface area contributed by atoms with Crippen LogP contribution in [0.3, 0.4) is 0 Å². The summed E-state index contributed by atoms with van der Waals surface area (Å²) in [5.41, 5.74) is 9.67. The van der Waals surface area contributed by atoms with Crippen molar-refractivity contribution in [3.63, 3.8) is 0 Å². The summed E-state index contributed by atoms with van der Waals surface area (Å²) < 4.78 is 9.10. The molecule has 0 atom stereocenters. The van der Waals surface area contributed by atoms with Gasteiger partial charge in [0, 0.05) is 53.3 Å². The lowest BCUT2D eigenvalue weighted by Gasteiger charge is -2.14. The third-order valence-corrected chi connectivity index (χ3v) is 3.78. The summed E-state index contributed by atoms with van der Waals surface area (Å²) >= 11 is 0. The Bertz CT molecular complexity index is 826. The van der Waals surface area contributed by atoms with E-state index in [1.807, 2.05) is 0 Å². The number of esters is 1. The van der Waals surface area contributed by atoms with E-state index in [1.54, 1.807) is 40.3 Å². The lowest BCUT2D eigenvalue weighted by atomic mass is 10.2. The summed E-state index contributed by atoms with van der Waals surface area (Å²) in [6.45, 7) is 5.14. The van der Waals surface area contributed by atoms with Gasteiger partial charge in [0.25, 0.3) is 5.69 Å². The van der Waals surface area contributed by atoms with Gasteiger partial charge in [-0.15, -0.1) is 0 Å². The molecule has 1 amide bonds. The maximum atomic E-state index is 11.3. The number of hydrazine groups is 2. The molecule has 0 unspecified atom stereocenters. The number of methoxy groups -OCH3 is 1. The van der Waals surface area contributed by atoms with Crippen LogP contribution in [0.15, 0.2) is 35.7 Å². The molecule has 0 saturated carbocycles. The fourth-order valence-electron chi connectivity index (χ4n) is 2.06. The largest absolute Gasteiger partial charge is 0.460 e. The normalized spacial score (nSPS) is 11.6. The van der Waals surface area contributed by atoms with Crippen molar-refractivity contribution in [3.05, 3.63) is 51.3 Å². The van der Waals surface area contributed by atoms with Crippen molar-refractivity contribution < 1.29 is 28.8 Å². The summed E-state index contributed by atoms with van der Waals surface area (Å²) in [6, 6.07) is 6.27. The molecule has 0 aromatic heterocycles. The van der Waals surface area contributed by atoms with Gasteiger partial charge in [-0.05, 0) is 19.4 Å². The summed E-state index contributed by atoms with van der Waals surface area (Å²) in [5.74, 6) is -0.540. The van der Waals surface area contributed by atoms with Gasteiger partial charge >= 0.3 is 5.97 Å². The van der Waals surface area contributed by atoms with Gasteiger partial charge in [-0.3, -0.25) is 25.1 Å². The van der Waals surface area contributed by atoms with Crippen LogP contribution in [-0.4, -0.2) is 55.4 Å². The summed E-state index contributed by atoms with van der Waals surface area (Å²) in [6.07, 6.45) is 0.249. The standard InChI is InChI=1S/C10H12N2O3.C8H13N3O3.C2H6O/c1-8(13)11(2)7-9-4-3-5-10(6-9)12(14)15;1-5(12)3-4-14-8(13)7-6(2)9-11-10-7;1-3-2/h3-6H,7H2,1-2H3;9-11H,3-4H2,1-2H3;1-2H3. The van der Waals surface area contributed by atoms with Crippen LogP contribution in [-0.2, 0) is 30.4 Å². The van der Waals surface area contributed by atoms with Crippen molar-refractivity contribution >= 4 is 23.3 Å². The Hall–Kier alpha value is -3.51. The number of hydrogen-bond donors (Lipinski definition) is 3. The number of nitrogens with one attached hydrogen (secondary N) is 3. The number of nitro benzene ring substituents is 1. The number of non-ortho nitro benzene ring substituents is 1. The molecule has 12 heteroatoms. The molecule has 0 bridgehead atoms.